The first-order chi connectivity index (χ1) is 11.3. The molecule has 1 aromatic rings. The zero-order valence-electron chi connectivity index (χ0n) is 15.8. The molecule has 0 aromatic heterocycles. The number of halogens is 2. The van der Waals surface area contributed by atoms with Crippen LogP contribution in [0.2, 0.25) is 5.02 Å². The van der Waals surface area contributed by atoms with E-state index in [-0.39, 0.29) is 11.9 Å². The van der Waals surface area contributed by atoms with Crippen LogP contribution in [0.3, 0.4) is 0 Å². The molecule has 1 N–H and O–H groups in total. The summed E-state index contributed by atoms with van der Waals surface area (Å²) in [4.78, 5) is 12.6. The fourth-order valence-electron chi connectivity index (χ4n) is 2.77. The number of carbonyl (C=O) groups excluding carboxylic acids is 1. The third-order valence-electron chi connectivity index (χ3n) is 4.12. The molecular weight excluding hydrogens is 426 g/mol. The second kappa shape index (κ2) is 8.61. The predicted molar refractivity (Wildman–Crippen MR) is 108 cm³/mol. The molecule has 2 unspecified atom stereocenters. The van der Waals surface area contributed by atoms with E-state index in [1.165, 1.54) is 7.11 Å². The van der Waals surface area contributed by atoms with Crippen molar-refractivity contribution in [2.75, 3.05) is 7.11 Å². The van der Waals surface area contributed by atoms with Gasteiger partial charge >= 0.3 is 5.97 Å². The van der Waals surface area contributed by atoms with Crippen molar-refractivity contribution in [1.29, 1.82) is 0 Å². The summed E-state index contributed by atoms with van der Waals surface area (Å²) in [6, 6.07) is 5.49. The lowest BCUT2D eigenvalue weighted by Crippen LogP contribution is -2.56. The quantitative estimate of drug-likeness (QED) is 0.497. The summed E-state index contributed by atoms with van der Waals surface area (Å²) in [7, 11) is 1.37. The van der Waals surface area contributed by atoms with Crippen LogP contribution < -0.4 is 4.72 Å². The summed E-state index contributed by atoms with van der Waals surface area (Å²) in [5.74, 6) is -0.930. The summed E-state index contributed by atoms with van der Waals surface area (Å²) in [5.41, 5.74) is -0.133. The molecule has 0 heterocycles. The van der Waals surface area contributed by atoms with Crippen molar-refractivity contribution >= 4 is 44.9 Å². The van der Waals surface area contributed by atoms with Crippen LogP contribution in [0, 0.1) is 11.8 Å². The molecule has 0 spiro atoms. The summed E-state index contributed by atoms with van der Waals surface area (Å²) in [6.07, 6.45) is 0. The molecule has 0 aliphatic rings. The fraction of sp³-hybridized carbons (Fsp3) is 0.611. The number of hydrogen-bond acceptors (Lipinski definition) is 4. The number of benzene rings is 1. The maximum atomic E-state index is 12.8. The minimum atomic E-state index is -1.39. The van der Waals surface area contributed by atoms with Crippen molar-refractivity contribution in [3.63, 3.8) is 0 Å². The van der Waals surface area contributed by atoms with Gasteiger partial charge in [-0.15, -0.1) is 4.72 Å². The van der Waals surface area contributed by atoms with Gasteiger partial charge in [-0.3, -0.25) is 4.79 Å². The first-order valence-corrected chi connectivity index (χ1v) is 10.4. The Morgan fingerprint density at radius 2 is 1.88 bits per heavy atom. The third-order valence-corrected chi connectivity index (χ3v) is 7.08. The van der Waals surface area contributed by atoms with Crippen LogP contribution in [0.1, 0.15) is 47.1 Å². The van der Waals surface area contributed by atoms with Gasteiger partial charge in [0.1, 0.15) is 4.75 Å². The SMILES string of the molecule is COC(=O)[C@H](C(C)C)C(C)(N[S+]([O-])C(C)(C)C)c1ccc(Br)c(Cl)c1. The molecular formula is C18H27BrClNO3S. The zero-order chi connectivity index (χ0) is 19.6. The maximum Gasteiger partial charge on any atom is 0.311 e. The lowest BCUT2D eigenvalue weighted by molar-refractivity contribution is -0.150. The normalized spacial score (nSPS) is 17.1. The Hall–Kier alpha value is -0.270. The van der Waals surface area contributed by atoms with Gasteiger partial charge in [0.25, 0.3) is 0 Å². The number of carbonyl (C=O) groups is 1. The number of esters is 1. The molecule has 7 heteroatoms. The van der Waals surface area contributed by atoms with E-state index < -0.39 is 27.6 Å². The zero-order valence-corrected chi connectivity index (χ0v) is 18.9. The van der Waals surface area contributed by atoms with Crippen LogP contribution in [-0.4, -0.2) is 22.4 Å². The van der Waals surface area contributed by atoms with E-state index >= 15 is 0 Å². The van der Waals surface area contributed by atoms with Crippen molar-refractivity contribution in [1.82, 2.24) is 4.72 Å². The second-order valence-corrected chi connectivity index (χ2v) is 10.8. The average Bonchev–Trinajstić information content (AvgIpc) is 2.48. The summed E-state index contributed by atoms with van der Waals surface area (Å²) >= 11 is 8.27. The van der Waals surface area contributed by atoms with Crippen LogP contribution >= 0.6 is 27.5 Å². The maximum absolute atomic E-state index is 12.8. The van der Waals surface area contributed by atoms with Crippen molar-refractivity contribution < 1.29 is 14.1 Å². The van der Waals surface area contributed by atoms with E-state index in [1.54, 1.807) is 6.07 Å². The molecule has 1 aromatic carbocycles. The molecule has 142 valence electrons. The van der Waals surface area contributed by atoms with Crippen LogP contribution in [-0.2, 0) is 26.4 Å². The number of nitrogens with one attached hydrogen (secondary N) is 1. The number of hydrogen-bond donors (Lipinski definition) is 1. The molecule has 0 saturated carbocycles. The Kier molecular flexibility index (Phi) is 7.84. The second-order valence-electron chi connectivity index (χ2n) is 7.56. The molecule has 0 amide bonds. The van der Waals surface area contributed by atoms with E-state index in [0.29, 0.717) is 5.02 Å². The highest BCUT2D eigenvalue weighted by atomic mass is 79.9. The van der Waals surface area contributed by atoms with Gasteiger partial charge in [-0.05, 0) is 67.2 Å². The van der Waals surface area contributed by atoms with E-state index in [0.717, 1.165) is 10.0 Å². The van der Waals surface area contributed by atoms with E-state index in [9.17, 15) is 9.35 Å². The molecule has 0 aliphatic heterocycles. The van der Waals surface area contributed by atoms with Gasteiger partial charge < -0.3 is 9.29 Å². The Labute approximate surface area is 167 Å². The fourth-order valence-corrected chi connectivity index (χ4v) is 4.13. The minimum absolute atomic E-state index is 0.0376. The summed E-state index contributed by atoms with van der Waals surface area (Å²) in [6.45, 7) is 11.4. The van der Waals surface area contributed by atoms with E-state index in [4.69, 9.17) is 16.3 Å². The van der Waals surface area contributed by atoms with Crippen molar-refractivity contribution in [3.8, 4) is 0 Å². The molecule has 0 aliphatic carbocycles. The molecule has 3 atom stereocenters. The number of ether oxygens (including phenoxy) is 1. The average molecular weight is 453 g/mol. The topological polar surface area (TPSA) is 61.4 Å². The monoisotopic (exact) mass is 451 g/mol. The highest BCUT2D eigenvalue weighted by Crippen LogP contribution is 2.39. The third kappa shape index (κ3) is 5.36. The van der Waals surface area contributed by atoms with Crippen molar-refractivity contribution in [2.24, 2.45) is 11.8 Å². The molecule has 1 rings (SSSR count). The predicted octanol–water partition coefficient (Wildman–Crippen LogP) is 4.81. The molecule has 0 bridgehead atoms. The van der Waals surface area contributed by atoms with E-state index in [1.807, 2.05) is 53.7 Å². The Bertz CT molecular complexity index is 621. The molecule has 0 fully saturated rings. The van der Waals surface area contributed by atoms with Gasteiger partial charge in [0.15, 0.2) is 0 Å². The van der Waals surface area contributed by atoms with Gasteiger partial charge in [0, 0.05) is 15.8 Å². The highest BCUT2D eigenvalue weighted by Gasteiger charge is 2.48. The number of methoxy groups -OCH3 is 1. The first kappa shape index (κ1) is 22.8. The van der Waals surface area contributed by atoms with Gasteiger partial charge in [-0.2, -0.15) is 0 Å². The molecule has 25 heavy (non-hydrogen) atoms. The Balaban J connectivity index is 3.53. The van der Waals surface area contributed by atoms with Gasteiger partial charge in [-0.1, -0.05) is 31.5 Å². The molecule has 4 nitrogen and oxygen atoms in total. The van der Waals surface area contributed by atoms with Crippen LogP contribution in [0.5, 0.6) is 0 Å². The number of rotatable bonds is 6. The largest absolute Gasteiger partial charge is 0.598 e. The van der Waals surface area contributed by atoms with Gasteiger partial charge in [-0.25, -0.2) is 0 Å². The Morgan fingerprint density at radius 3 is 2.28 bits per heavy atom. The Morgan fingerprint density at radius 1 is 1.32 bits per heavy atom. The minimum Gasteiger partial charge on any atom is -0.598 e. The smallest absolute Gasteiger partial charge is 0.311 e. The summed E-state index contributed by atoms with van der Waals surface area (Å²) in [5, 5.41) is 0.527. The summed E-state index contributed by atoms with van der Waals surface area (Å²) < 4.78 is 21.4. The van der Waals surface area contributed by atoms with Crippen LogP contribution in [0.25, 0.3) is 0 Å². The lowest BCUT2D eigenvalue weighted by atomic mass is 9.74. The van der Waals surface area contributed by atoms with Crippen LogP contribution in [0.15, 0.2) is 22.7 Å². The van der Waals surface area contributed by atoms with E-state index in [2.05, 4.69) is 20.7 Å². The van der Waals surface area contributed by atoms with Crippen molar-refractivity contribution in [3.05, 3.63) is 33.3 Å². The highest BCUT2D eigenvalue weighted by molar-refractivity contribution is 9.10. The van der Waals surface area contributed by atoms with Gasteiger partial charge in [0.2, 0.25) is 0 Å². The van der Waals surface area contributed by atoms with Gasteiger partial charge in [0.05, 0.1) is 23.6 Å². The molecule has 0 radical (unpaired) electrons. The van der Waals surface area contributed by atoms with Crippen molar-refractivity contribution in [2.45, 2.75) is 51.8 Å². The lowest BCUT2D eigenvalue weighted by Gasteiger charge is -2.41. The van der Waals surface area contributed by atoms with Crippen LogP contribution in [0.4, 0.5) is 0 Å². The standard InChI is InChI=1S/C18H27BrClNO3S/c1-11(2)15(16(22)24-7)18(6,21-25(23)17(3,4)5)12-8-9-13(19)14(20)10-12/h8-11,15,21H,1-7H3/t15-,18?,25?/m0/s1. The first-order valence-electron chi connectivity index (χ1n) is 8.07. The molecule has 0 saturated heterocycles.